The van der Waals surface area contributed by atoms with E-state index in [1.807, 2.05) is 0 Å². The molecule has 0 saturated carbocycles. The molecule has 3 rings (SSSR count). The van der Waals surface area contributed by atoms with Crippen molar-refractivity contribution in [1.82, 2.24) is 9.55 Å². The summed E-state index contributed by atoms with van der Waals surface area (Å²) in [7, 11) is 0. The molecule has 3 aromatic rings. The zero-order valence-corrected chi connectivity index (χ0v) is 15.2. The Morgan fingerprint density at radius 2 is 1.80 bits per heavy atom. The van der Waals surface area contributed by atoms with Gasteiger partial charge in [0.2, 0.25) is 0 Å². The van der Waals surface area contributed by atoms with Gasteiger partial charge in [-0.05, 0) is 24.3 Å². The molecule has 30 heavy (non-hydrogen) atoms. The lowest BCUT2D eigenvalue weighted by molar-refractivity contribution is -0.136. The number of furan rings is 1. The van der Waals surface area contributed by atoms with Crippen LogP contribution in [0.25, 0.3) is 4.85 Å². The molecule has 0 spiro atoms. The molecule has 0 fully saturated rings. The molecule has 2 heterocycles. The van der Waals surface area contributed by atoms with Crippen molar-refractivity contribution in [2.24, 2.45) is 0 Å². The van der Waals surface area contributed by atoms with Crippen LogP contribution in [0.2, 0.25) is 0 Å². The van der Waals surface area contributed by atoms with Crippen LogP contribution in [0, 0.1) is 6.57 Å². The third kappa shape index (κ3) is 5.34. The van der Waals surface area contributed by atoms with E-state index in [2.05, 4.69) is 9.83 Å². The summed E-state index contributed by atoms with van der Waals surface area (Å²) < 4.78 is 86.1. The normalized spacial score (nSPS) is 12.0. The van der Waals surface area contributed by atoms with E-state index in [1.54, 1.807) is 23.0 Å². The van der Waals surface area contributed by atoms with Crippen LogP contribution in [0.4, 0.5) is 37.7 Å². The minimum atomic E-state index is -4.87. The Bertz CT molecular complexity index is 1030. The highest BCUT2D eigenvalue weighted by molar-refractivity contribution is 5.62. The number of hydrogen-bond acceptors (Lipinski definition) is 3. The highest BCUT2D eigenvalue weighted by Crippen LogP contribution is 2.39. The second-order valence-corrected chi connectivity index (χ2v) is 6.39. The summed E-state index contributed by atoms with van der Waals surface area (Å²) in [4.78, 5) is 7.39. The van der Waals surface area contributed by atoms with Crippen molar-refractivity contribution in [3.8, 4) is 0 Å². The number of rotatable bonds is 6. The van der Waals surface area contributed by atoms with Crippen molar-refractivity contribution < 1.29 is 30.8 Å². The first-order valence-electron chi connectivity index (χ1n) is 8.49. The summed E-state index contributed by atoms with van der Waals surface area (Å²) >= 11 is 0. The molecule has 0 atom stereocenters. The smallest absolute Gasteiger partial charge is 0.407 e. The Morgan fingerprint density at radius 3 is 2.40 bits per heavy atom. The van der Waals surface area contributed by atoms with Crippen LogP contribution >= 0.6 is 0 Å². The van der Waals surface area contributed by atoms with Gasteiger partial charge in [0, 0.05) is 18.1 Å². The monoisotopic (exact) mass is 428 g/mol. The molecule has 0 aliphatic rings. The van der Waals surface area contributed by atoms with E-state index in [4.69, 9.17) is 11.0 Å². The molecule has 5 nitrogen and oxygen atoms in total. The van der Waals surface area contributed by atoms with E-state index in [0.717, 1.165) is 17.0 Å². The maximum Gasteiger partial charge on any atom is 0.407 e. The minimum Gasteiger partial charge on any atom is -0.462 e. The molecule has 11 heteroatoms. The number of nitrogens with zero attached hydrogens (tertiary/aromatic N) is 4. The topological polar surface area (TPSA) is 38.6 Å². The third-order valence-corrected chi connectivity index (χ3v) is 4.10. The fourth-order valence-corrected chi connectivity index (χ4v) is 2.84. The summed E-state index contributed by atoms with van der Waals surface area (Å²) in [5.41, 5.74) is -2.29. The maximum absolute atomic E-state index is 13.2. The van der Waals surface area contributed by atoms with Gasteiger partial charge >= 0.3 is 12.4 Å². The van der Waals surface area contributed by atoms with Gasteiger partial charge in [0.25, 0.3) is 0 Å². The zero-order valence-electron chi connectivity index (χ0n) is 15.2. The van der Waals surface area contributed by atoms with Crippen molar-refractivity contribution in [3.05, 3.63) is 77.6 Å². The first-order chi connectivity index (χ1) is 14.0. The Hall–Kier alpha value is -3.42. The van der Waals surface area contributed by atoms with Gasteiger partial charge in [-0.15, -0.1) is 0 Å². The van der Waals surface area contributed by atoms with Crippen molar-refractivity contribution in [3.63, 3.8) is 0 Å². The first kappa shape index (κ1) is 21.3. The molecule has 0 N–H and O–H groups in total. The van der Waals surface area contributed by atoms with Gasteiger partial charge in [0.05, 0.1) is 31.6 Å². The van der Waals surface area contributed by atoms with Crippen LogP contribution in [0.1, 0.15) is 17.1 Å². The van der Waals surface area contributed by atoms with Crippen LogP contribution in [-0.4, -0.2) is 22.3 Å². The fraction of sp³-hybridized carbons (Fsp3) is 0.263. The molecular formula is C19H14F6N4O. The number of aromatic nitrogens is 2. The van der Waals surface area contributed by atoms with Gasteiger partial charge in [-0.1, -0.05) is 6.07 Å². The lowest BCUT2D eigenvalue weighted by Gasteiger charge is -2.26. The molecular weight excluding hydrogens is 414 g/mol. The summed E-state index contributed by atoms with van der Waals surface area (Å²) in [6.07, 6.45) is -4.77. The molecule has 1 aromatic carbocycles. The van der Waals surface area contributed by atoms with Crippen molar-refractivity contribution in [1.29, 1.82) is 0 Å². The Balaban J connectivity index is 1.89. The molecule has 2 aromatic heterocycles. The summed E-state index contributed by atoms with van der Waals surface area (Å²) in [6.45, 7) is 5.27. The quantitative estimate of drug-likeness (QED) is 0.376. The average molecular weight is 428 g/mol. The van der Waals surface area contributed by atoms with Crippen molar-refractivity contribution in [2.45, 2.75) is 25.4 Å². The minimum absolute atomic E-state index is 0.150. The van der Waals surface area contributed by atoms with Gasteiger partial charge in [-0.3, -0.25) is 0 Å². The molecule has 0 saturated heterocycles. The van der Waals surface area contributed by atoms with Gasteiger partial charge in [-0.2, -0.15) is 26.3 Å². The van der Waals surface area contributed by atoms with Crippen LogP contribution in [0.3, 0.4) is 0 Å². The zero-order chi connectivity index (χ0) is 21.9. The standard InChI is InChI=1S/C19H14F6N4O/c1-26-17-5-2-13(8-16(17)19(23,24)25)29(11-18(20,21)22)10-15-4-3-14(30-15)9-28-7-6-27-12-28/h2-8,12H,9-11H2. The Labute approximate surface area is 167 Å². The van der Waals surface area contributed by atoms with Crippen LogP contribution < -0.4 is 4.90 Å². The van der Waals surface area contributed by atoms with Crippen molar-refractivity contribution >= 4 is 11.4 Å². The van der Waals surface area contributed by atoms with Crippen LogP contribution in [-0.2, 0) is 19.3 Å². The molecule has 0 aliphatic carbocycles. The van der Waals surface area contributed by atoms with E-state index in [9.17, 15) is 26.3 Å². The molecule has 0 amide bonds. The number of anilines is 1. The van der Waals surface area contributed by atoms with Gasteiger partial charge in [-0.25, -0.2) is 9.83 Å². The number of hydrogen-bond donors (Lipinski definition) is 0. The fourth-order valence-electron chi connectivity index (χ4n) is 2.84. The van der Waals surface area contributed by atoms with E-state index in [-0.39, 0.29) is 11.4 Å². The third-order valence-electron chi connectivity index (χ3n) is 4.10. The predicted molar refractivity (Wildman–Crippen MR) is 94.8 cm³/mol. The molecule has 0 bridgehead atoms. The van der Waals surface area contributed by atoms with Crippen LogP contribution in [0.5, 0.6) is 0 Å². The predicted octanol–water partition coefficient (Wildman–Crippen LogP) is 5.66. The number of alkyl halides is 6. The second kappa shape index (κ2) is 8.14. The summed E-state index contributed by atoms with van der Waals surface area (Å²) in [5, 5.41) is 0. The van der Waals surface area contributed by atoms with Crippen molar-refractivity contribution in [2.75, 3.05) is 11.4 Å². The molecule has 0 unspecified atom stereocenters. The Morgan fingerprint density at radius 1 is 1.07 bits per heavy atom. The maximum atomic E-state index is 13.2. The molecule has 158 valence electrons. The number of benzene rings is 1. The summed E-state index contributed by atoms with van der Waals surface area (Å²) in [6, 6.07) is 5.51. The highest BCUT2D eigenvalue weighted by atomic mass is 19.4. The lowest BCUT2D eigenvalue weighted by atomic mass is 10.1. The molecule has 0 radical (unpaired) electrons. The molecule has 0 aliphatic heterocycles. The highest BCUT2D eigenvalue weighted by Gasteiger charge is 2.36. The van der Waals surface area contributed by atoms with E-state index >= 15 is 0 Å². The Kier molecular flexibility index (Phi) is 5.78. The lowest BCUT2D eigenvalue weighted by Crippen LogP contribution is -2.33. The first-order valence-corrected chi connectivity index (χ1v) is 8.49. The van der Waals surface area contributed by atoms with E-state index < -0.39 is 36.7 Å². The number of halogens is 6. The SMILES string of the molecule is [C-]#[N+]c1ccc(N(Cc2ccc(Cn3ccnc3)o2)CC(F)(F)F)cc1C(F)(F)F. The number of imidazole rings is 1. The summed E-state index contributed by atoms with van der Waals surface area (Å²) in [5.74, 6) is 0.603. The van der Waals surface area contributed by atoms with Gasteiger partial charge in [0.15, 0.2) is 5.69 Å². The average Bonchev–Trinajstić information content (AvgIpc) is 3.31. The van der Waals surface area contributed by atoms with Crippen LogP contribution in [0.15, 0.2) is 53.5 Å². The van der Waals surface area contributed by atoms with Gasteiger partial charge in [0.1, 0.15) is 18.1 Å². The van der Waals surface area contributed by atoms with Gasteiger partial charge < -0.3 is 13.9 Å². The largest absolute Gasteiger partial charge is 0.462 e. The second-order valence-electron chi connectivity index (χ2n) is 6.39. The van der Waals surface area contributed by atoms with E-state index in [0.29, 0.717) is 18.4 Å². The van der Waals surface area contributed by atoms with E-state index in [1.165, 1.54) is 12.4 Å².